The predicted molar refractivity (Wildman–Crippen MR) is 57.9 cm³/mol. The summed E-state index contributed by atoms with van der Waals surface area (Å²) >= 11 is 9.41. The van der Waals surface area contributed by atoms with Gasteiger partial charge < -0.3 is 0 Å². The SMILES string of the molecule is O=C(c1cccc(Br)n1)C(Br)Br. The van der Waals surface area contributed by atoms with Crippen LogP contribution in [0.5, 0.6) is 0 Å². The molecule has 1 heterocycles. The molecule has 0 aliphatic carbocycles. The number of pyridine rings is 1. The van der Waals surface area contributed by atoms with Gasteiger partial charge in [0.2, 0.25) is 5.78 Å². The van der Waals surface area contributed by atoms with Crippen molar-refractivity contribution in [2.45, 2.75) is 3.74 Å². The molecule has 0 aliphatic heterocycles. The standard InChI is InChI=1S/C7H4Br3NO/c8-5-3-1-2-4(11-5)6(12)7(9)10/h1-3,7H. The van der Waals surface area contributed by atoms with Gasteiger partial charge in [0.25, 0.3) is 0 Å². The summed E-state index contributed by atoms with van der Waals surface area (Å²) in [4.78, 5) is 15.3. The number of ketones is 1. The van der Waals surface area contributed by atoms with Gasteiger partial charge >= 0.3 is 0 Å². The first-order valence-corrected chi connectivity index (χ1v) is 5.68. The topological polar surface area (TPSA) is 30.0 Å². The maximum atomic E-state index is 11.3. The van der Waals surface area contributed by atoms with Gasteiger partial charge in [-0.2, -0.15) is 0 Å². The van der Waals surface area contributed by atoms with Gasteiger partial charge in [0, 0.05) is 0 Å². The summed E-state index contributed by atoms with van der Waals surface area (Å²) in [6.45, 7) is 0. The number of alkyl halides is 2. The Kier molecular flexibility index (Phi) is 3.86. The van der Waals surface area contributed by atoms with E-state index in [1.807, 2.05) is 0 Å². The Labute approximate surface area is 95.1 Å². The molecule has 0 bridgehead atoms. The van der Waals surface area contributed by atoms with Gasteiger partial charge in [-0.1, -0.05) is 37.9 Å². The van der Waals surface area contributed by atoms with E-state index < -0.39 is 0 Å². The summed E-state index contributed by atoms with van der Waals surface area (Å²) in [5.74, 6) is -0.0868. The molecule has 1 aromatic rings. The summed E-state index contributed by atoms with van der Waals surface area (Å²) in [6.07, 6.45) is 0. The Hall–Kier alpha value is 0.260. The van der Waals surface area contributed by atoms with Crippen LogP contribution in [0.1, 0.15) is 10.5 Å². The second-order valence-electron chi connectivity index (χ2n) is 2.01. The number of hydrogen-bond acceptors (Lipinski definition) is 2. The predicted octanol–water partition coefficient (Wildman–Crippen LogP) is 3.14. The first kappa shape index (κ1) is 10.3. The molecule has 12 heavy (non-hydrogen) atoms. The highest BCUT2D eigenvalue weighted by atomic mass is 79.9. The quantitative estimate of drug-likeness (QED) is 0.462. The molecule has 0 aromatic carbocycles. The average molecular weight is 358 g/mol. The minimum Gasteiger partial charge on any atom is -0.290 e. The molecule has 0 saturated heterocycles. The summed E-state index contributed by atoms with van der Waals surface area (Å²) < 4.78 is 0.292. The number of rotatable bonds is 2. The van der Waals surface area contributed by atoms with Crippen molar-refractivity contribution in [3.05, 3.63) is 28.5 Å². The molecule has 2 nitrogen and oxygen atoms in total. The van der Waals surface area contributed by atoms with E-state index in [1.54, 1.807) is 18.2 Å². The molecule has 64 valence electrons. The van der Waals surface area contributed by atoms with Crippen molar-refractivity contribution in [3.8, 4) is 0 Å². The zero-order chi connectivity index (χ0) is 9.14. The first-order chi connectivity index (χ1) is 5.61. The van der Waals surface area contributed by atoms with Crippen LogP contribution in [0.25, 0.3) is 0 Å². The fourth-order valence-electron chi connectivity index (χ4n) is 0.657. The summed E-state index contributed by atoms with van der Waals surface area (Å²) in [7, 11) is 0. The van der Waals surface area contributed by atoms with E-state index in [0.29, 0.717) is 10.3 Å². The molecule has 1 rings (SSSR count). The van der Waals surface area contributed by atoms with E-state index in [4.69, 9.17) is 0 Å². The van der Waals surface area contributed by atoms with Crippen molar-refractivity contribution in [1.29, 1.82) is 0 Å². The Morgan fingerprint density at radius 3 is 2.58 bits per heavy atom. The van der Waals surface area contributed by atoms with Crippen molar-refractivity contribution >= 4 is 53.6 Å². The lowest BCUT2D eigenvalue weighted by Gasteiger charge is -1.99. The number of carbonyl (C=O) groups excluding carboxylic acids is 1. The van der Waals surface area contributed by atoms with Crippen molar-refractivity contribution in [2.24, 2.45) is 0 Å². The van der Waals surface area contributed by atoms with Crippen LogP contribution in [-0.2, 0) is 0 Å². The zero-order valence-electron chi connectivity index (χ0n) is 5.80. The summed E-state index contributed by atoms with van der Waals surface area (Å²) in [5.41, 5.74) is 0.433. The van der Waals surface area contributed by atoms with Crippen LogP contribution in [0.15, 0.2) is 22.8 Å². The first-order valence-electron chi connectivity index (χ1n) is 3.06. The number of Topliss-reactive ketones (excluding diaryl/α,β-unsaturated/α-hetero) is 1. The third-order valence-corrected chi connectivity index (χ3v) is 2.44. The normalized spacial score (nSPS) is 10.3. The lowest BCUT2D eigenvalue weighted by Crippen LogP contribution is -2.08. The van der Waals surface area contributed by atoms with Crippen molar-refractivity contribution in [3.63, 3.8) is 0 Å². The molecule has 0 amide bonds. The molecule has 0 radical (unpaired) electrons. The molecule has 5 heteroatoms. The second-order valence-corrected chi connectivity index (χ2v) is 5.88. The highest BCUT2D eigenvalue weighted by Crippen LogP contribution is 2.15. The molecule has 0 saturated carbocycles. The van der Waals surface area contributed by atoms with Gasteiger partial charge in [-0.25, -0.2) is 4.98 Å². The minimum atomic E-state index is -0.369. The van der Waals surface area contributed by atoms with Gasteiger partial charge in [-0.15, -0.1) is 0 Å². The molecule has 0 N–H and O–H groups in total. The Morgan fingerprint density at radius 1 is 1.42 bits per heavy atom. The highest BCUT2D eigenvalue weighted by molar-refractivity contribution is 9.25. The van der Waals surface area contributed by atoms with Gasteiger partial charge in [0.15, 0.2) is 0 Å². The Balaban J connectivity index is 2.96. The van der Waals surface area contributed by atoms with Gasteiger partial charge in [0.05, 0.1) is 0 Å². The van der Waals surface area contributed by atoms with E-state index in [2.05, 4.69) is 52.8 Å². The monoisotopic (exact) mass is 355 g/mol. The average Bonchev–Trinajstić information content (AvgIpc) is 2.03. The van der Waals surface area contributed by atoms with E-state index in [0.717, 1.165) is 0 Å². The summed E-state index contributed by atoms with van der Waals surface area (Å²) in [6, 6.07) is 5.21. The van der Waals surface area contributed by atoms with E-state index in [1.165, 1.54) is 0 Å². The van der Waals surface area contributed by atoms with E-state index in [-0.39, 0.29) is 9.52 Å². The van der Waals surface area contributed by atoms with Crippen LogP contribution in [0.4, 0.5) is 0 Å². The van der Waals surface area contributed by atoms with Gasteiger partial charge in [0.1, 0.15) is 14.0 Å². The number of aromatic nitrogens is 1. The van der Waals surface area contributed by atoms with Crippen molar-refractivity contribution < 1.29 is 4.79 Å². The zero-order valence-corrected chi connectivity index (χ0v) is 10.6. The number of hydrogen-bond donors (Lipinski definition) is 0. The van der Waals surface area contributed by atoms with Gasteiger partial charge in [-0.05, 0) is 28.1 Å². The van der Waals surface area contributed by atoms with E-state index in [9.17, 15) is 4.79 Å². The fraction of sp³-hybridized carbons (Fsp3) is 0.143. The number of nitrogens with zero attached hydrogens (tertiary/aromatic N) is 1. The lowest BCUT2D eigenvalue weighted by molar-refractivity contribution is 0.101. The lowest BCUT2D eigenvalue weighted by atomic mass is 10.3. The minimum absolute atomic E-state index is 0.0868. The third kappa shape index (κ3) is 2.64. The van der Waals surface area contributed by atoms with Crippen LogP contribution in [-0.4, -0.2) is 14.5 Å². The molecule has 0 aliphatic rings. The number of carbonyl (C=O) groups is 1. The Morgan fingerprint density at radius 2 is 2.08 bits per heavy atom. The van der Waals surface area contributed by atoms with E-state index >= 15 is 0 Å². The fourth-order valence-corrected chi connectivity index (χ4v) is 1.47. The van der Waals surface area contributed by atoms with Crippen LogP contribution in [0.3, 0.4) is 0 Å². The Bertz CT molecular complexity index is 300. The molecule has 0 atom stereocenters. The molecule has 0 fully saturated rings. The second kappa shape index (κ2) is 4.48. The molecular weight excluding hydrogens is 354 g/mol. The van der Waals surface area contributed by atoms with Crippen LogP contribution in [0, 0.1) is 0 Å². The maximum absolute atomic E-state index is 11.3. The molecule has 0 spiro atoms. The van der Waals surface area contributed by atoms with Crippen molar-refractivity contribution in [2.75, 3.05) is 0 Å². The van der Waals surface area contributed by atoms with Crippen molar-refractivity contribution in [1.82, 2.24) is 4.98 Å². The molecule has 1 aromatic heterocycles. The maximum Gasteiger partial charge on any atom is 0.205 e. The van der Waals surface area contributed by atoms with Crippen LogP contribution >= 0.6 is 47.8 Å². The van der Waals surface area contributed by atoms with Gasteiger partial charge in [-0.3, -0.25) is 4.79 Å². The highest BCUT2D eigenvalue weighted by Gasteiger charge is 2.14. The largest absolute Gasteiger partial charge is 0.290 e. The third-order valence-electron chi connectivity index (χ3n) is 1.17. The van der Waals surface area contributed by atoms with Crippen LogP contribution < -0.4 is 0 Å². The smallest absolute Gasteiger partial charge is 0.205 e. The number of halogens is 3. The molecular formula is C7H4Br3NO. The summed E-state index contributed by atoms with van der Waals surface area (Å²) in [5, 5.41) is 0. The molecule has 0 unspecified atom stereocenters. The van der Waals surface area contributed by atoms with Crippen LogP contribution in [0.2, 0.25) is 0 Å².